The standard InChI is InChI=1S/C20H26N4O3/c1-22-20(24(2)11-12-26-17-8-4-3-5-9-17)23-14-16-7-6-10-18(13-16)27-15-19(21)25/h3-10,13H,11-12,14-15H2,1-2H3,(H2,21,25)(H,22,23). The van der Waals surface area contributed by atoms with Crippen LogP contribution in [-0.4, -0.2) is 50.6 Å². The van der Waals surface area contributed by atoms with E-state index in [1.807, 2.05) is 60.5 Å². The number of carbonyl (C=O) groups excluding carboxylic acids is 1. The SMILES string of the molecule is CN=C(NCc1cccc(OCC(N)=O)c1)N(C)CCOc1ccccc1. The van der Waals surface area contributed by atoms with Gasteiger partial charge in [0.15, 0.2) is 12.6 Å². The molecule has 0 atom stereocenters. The van der Waals surface area contributed by atoms with Crippen molar-refractivity contribution in [2.24, 2.45) is 10.7 Å². The maximum atomic E-state index is 10.8. The predicted octanol–water partition coefficient (Wildman–Crippen LogP) is 1.64. The Bertz CT molecular complexity index is 750. The van der Waals surface area contributed by atoms with Gasteiger partial charge in [-0.2, -0.15) is 0 Å². The molecule has 2 rings (SSSR count). The van der Waals surface area contributed by atoms with Crippen LogP contribution in [0.4, 0.5) is 0 Å². The molecule has 0 aromatic heterocycles. The van der Waals surface area contributed by atoms with Gasteiger partial charge in [0.05, 0.1) is 6.54 Å². The van der Waals surface area contributed by atoms with Gasteiger partial charge in [-0.15, -0.1) is 0 Å². The highest BCUT2D eigenvalue weighted by molar-refractivity contribution is 5.79. The first-order valence-electron chi connectivity index (χ1n) is 8.68. The minimum atomic E-state index is -0.502. The van der Waals surface area contributed by atoms with E-state index in [2.05, 4.69) is 10.3 Å². The number of hydrogen-bond donors (Lipinski definition) is 2. The molecule has 1 amide bonds. The summed E-state index contributed by atoms with van der Waals surface area (Å²) in [5.74, 6) is 1.71. The topological polar surface area (TPSA) is 89.2 Å². The molecule has 0 aliphatic carbocycles. The fourth-order valence-electron chi connectivity index (χ4n) is 2.39. The number of nitrogens with one attached hydrogen (secondary N) is 1. The molecule has 7 nitrogen and oxygen atoms in total. The predicted molar refractivity (Wildman–Crippen MR) is 106 cm³/mol. The fraction of sp³-hybridized carbons (Fsp3) is 0.300. The van der Waals surface area contributed by atoms with Crippen molar-refractivity contribution in [2.75, 3.05) is 33.9 Å². The molecule has 3 N–H and O–H groups in total. The van der Waals surface area contributed by atoms with Crippen molar-refractivity contribution < 1.29 is 14.3 Å². The number of nitrogens with two attached hydrogens (primary N) is 1. The van der Waals surface area contributed by atoms with Crippen LogP contribution in [0.25, 0.3) is 0 Å². The van der Waals surface area contributed by atoms with Gasteiger partial charge < -0.3 is 25.4 Å². The minimum absolute atomic E-state index is 0.136. The number of primary amides is 1. The van der Waals surface area contributed by atoms with Crippen LogP contribution in [0.1, 0.15) is 5.56 Å². The molecular formula is C20H26N4O3. The summed E-state index contributed by atoms with van der Waals surface area (Å²) in [5.41, 5.74) is 6.10. The second-order valence-electron chi connectivity index (χ2n) is 5.89. The number of para-hydroxylation sites is 1. The average Bonchev–Trinajstić information content (AvgIpc) is 2.68. The Labute approximate surface area is 159 Å². The van der Waals surface area contributed by atoms with Crippen molar-refractivity contribution in [1.82, 2.24) is 10.2 Å². The lowest BCUT2D eigenvalue weighted by atomic mass is 10.2. The molecular weight excluding hydrogens is 344 g/mol. The summed E-state index contributed by atoms with van der Waals surface area (Å²) in [6.45, 7) is 1.68. The van der Waals surface area contributed by atoms with Crippen LogP contribution in [0.15, 0.2) is 59.6 Å². The molecule has 0 saturated heterocycles. The second-order valence-corrected chi connectivity index (χ2v) is 5.89. The maximum absolute atomic E-state index is 10.8. The number of ether oxygens (including phenoxy) is 2. The largest absolute Gasteiger partial charge is 0.492 e. The Balaban J connectivity index is 1.80. The Hall–Kier alpha value is -3.22. The van der Waals surface area contributed by atoms with Crippen LogP contribution in [0, 0.1) is 0 Å². The molecule has 0 radical (unpaired) electrons. The number of aliphatic imine (C=N–C) groups is 1. The van der Waals surface area contributed by atoms with Gasteiger partial charge in [-0.05, 0) is 29.8 Å². The molecule has 0 aliphatic heterocycles. The Morgan fingerprint density at radius 2 is 1.85 bits per heavy atom. The van der Waals surface area contributed by atoms with Crippen molar-refractivity contribution in [2.45, 2.75) is 6.54 Å². The Morgan fingerprint density at radius 3 is 2.56 bits per heavy atom. The second kappa shape index (κ2) is 10.7. The van der Waals surface area contributed by atoms with Crippen molar-refractivity contribution >= 4 is 11.9 Å². The van der Waals surface area contributed by atoms with E-state index in [0.29, 0.717) is 25.4 Å². The lowest BCUT2D eigenvalue weighted by Crippen LogP contribution is -2.40. The summed E-state index contributed by atoms with van der Waals surface area (Å²) in [5, 5.41) is 3.30. The van der Waals surface area contributed by atoms with Gasteiger partial charge >= 0.3 is 0 Å². The van der Waals surface area contributed by atoms with Crippen LogP contribution in [0.2, 0.25) is 0 Å². The summed E-state index contributed by atoms with van der Waals surface area (Å²) in [7, 11) is 3.69. The van der Waals surface area contributed by atoms with E-state index in [1.54, 1.807) is 13.1 Å². The molecule has 144 valence electrons. The van der Waals surface area contributed by atoms with E-state index in [9.17, 15) is 4.79 Å². The van der Waals surface area contributed by atoms with Gasteiger partial charge in [0, 0.05) is 20.6 Å². The highest BCUT2D eigenvalue weighted by atomic mass is 16.5. The monoisotopic (exact) mass is 370 g/mol. The third-order valence-corrected chi connectivity index (χ3v) is 3.74. The van der Waals surface area contributed by atoms with Crippen LogP contribution < -0.4 is 20.5 Å². The molecule has 0 heterocycles. The van der Waals surface area contributed by atoms with Crippen LogP contribution >= 0.6 is 0 Å². The molecule has 0 spiro atoms. The first kappa shape index (κ1) is 20.1. The van der Waals surface area contributed by atoms with E-state index < -0.39 is 5.91 Å². The smallest absolute Gasteiger partial charge is 0.255 e. The summed E-state index contributed by atoms with van der Waals surface area (Å²) in [6.07, 6.45) is 0. The number of amides is 1. The first-order valence-corrected chi connectivity index (χ1v) is 8.68. The number of likely N-dealkylation sites (N-methyl/N-ethyl adjacent to an activating group) is 1. The molecule has 2 aromatic rings. The zero-order chi connectivity index (χ0) is 19.5. The van der Waals surface area contributed by atoms with Gasteiger partial charge in [-0.3, -0.25) is 9.79 Å². The quantitative estimate of drug-likeness (QED) is 0.517. The number of nitrogens with zero attached hydrogens (tertiary/aromatic N) is 2. The fourth-order valence-corrected chi connectivity index (χ4v) is 2.39. The molecule has 7 heteroatoms. The highest BCUT2D eigenvalue weighted by Crippen LogP contribution is 2.13. The molecule has 0 unspecified atom stereocenters. The van der Waals surface area contributed by atoms with Crippen molar-refractivity contribution in [1.29, 1.82) is 0 Å². The summed E-state index contributed by atoms with van der Waals surface area (Å²) in [4.78, 5) is 17.1. The molecule has 0 bridgehead atoms. The van der Waals surface area contributed by atoms with E-state index in [0.717, 1.165) is 17.3 Å². The van der Waals surface area contributed by atoms with Crippen LogP contribution in [0.3, 0.4) is 0 Å². The minimum Gasteiger partial charge on any atom is -0.492 e. The van der Waals surface area contributed by atoms with Gasteiger partial charge in [-0.1, -0.05) is 30.3 Å². The number of carbonyl (C=O) groups is 1. The molecule has 2 aromatic carbocycles. The number of rotatable bonds is 9. The third kappa shape index (κ3) is 7.27. The summed E-state index contributed by atoms with van der Waals surface area (Å²) in [6, 6.07) is 17.2. The zero-order valence-electron chi connectivity index (χ0n) is 15.7. The third-order valence-electron chi connectivity index (χ3n) is 3.74. The average molecular weight is 370 g/mol. The normalized spacial score (nSPS) is 11.0. The summed E-state index contributed by atoms with van der Waals surface area (Å²) < 4.78 is 11.0. The summed E-state index contributed by atoms with van der Waals surface area (Å²) >= 11 is 0. The lowest BCUT2D eigenvalue weighted by molar-refractivity contribution is -0.119. The maximum Gasteiger partial charge on any atom is 0.255 e. The number of guanidine groups is 1. The van der Waals surface area contributed by atoms with E-state index in [4.69, 9.17) is 15.2 Å². The van der Waals surface area contributed by atoms with Crippen molar-refractivity contribution in [3.8, 4) is 11.5 Å². The van der Waals surface area contributed by atoms with Gasteiger partial charge in [0.2, 0.25) is 0 Å². The van der Waals surface area contributed by atoms with Crippen molar-refractivity contribution in [3.05, 3.63) is 60.2 Å². The highest BCUT2D eigenvalue weighted by Gasteiger charge is 2.07. The zero-order valence-corrected chi connectivity index (χ0v) is 15.7. The molecule has 0 aliphatic rings. The van der Waals surface area contributed by atoms with Crippen LogP contribution in [-0.2, 0) is 11.3 Å². The lowest BCUT2D eigenvalue weighted by Gasteiger charge is -2.22. The van der Waals surface area contributed by atoms with Gasteiger partial charge in [-0.25, -0.2) is 0 Å². The van der Waals surface area contributed by atoms with E-state index >= 15 is 0 Å². The Morgan fingerprint density at radius 1 is 1.11 bits per heavy atom. The van der Waals surface area contributed by atoms with Crippen LogP contribution in [0.5, 0.6) is 11.5 Å². The van der Waals surface area contributed by atoms with Gasteiger partial charge in [0.25, 0.3) is 5.91 Å². The molecule has 0 saturated carbocycles. The Kier molecular flexibility index (Phi) is 7.96. The molecule has 0 fully saturated rings. The number of benzene rings is 2. The first-order chi connectivity index (χ1) is 13.1. The number of hydrogen-bond acceptors (Lipinski definition) is 4. The molecule has 27 heavy (non-hydrogen) atoms. The van der Waals surface area contributed by atoms with Gasteiger partial charge in [0.1, 0.15) is 18.1 Å². The van der Waals surface area contributed by atoms with E-state index in [1.165, 1.54) is 0 Å². The van der Waals surface area contributed by atoms with Crippen molar-refractivity contribution in [3.63, 3.8) is 0 Å². The van der Waals surface area contributed by atoms with E-state index in [-0.39, 0.29) is 6.61 Å².